The van der Waals surface area contributed by atoms with E-state index < -0.39 is 0 Å². The summed E-state index contributed by atoms with van der Waals surface area (Å²) >= 11 is 6.00. The van der Waals surface area contributed by atoms with Crippen molar-refractivity contribution in [3.05, 3.63) is 29.3 Å². The molecule has 132 valence electrons. The number of carbonyl (C=O) groups excluding carboxylic acids is 2. The summed E-state index contributed by atoms with van der Waals surface area (Å²) in [7, 11) is 1.61. The average Bonchev–Trinajstić information content (AvgIpc) is 2.57. The molecule has 0 unspecified atom stereocenters. The number of nitrogens with one attached hydrogen (secondary N) is 1. The maximum absolute atomic E-state index is 12.3. The van der Waals surface area contributed by atoms with Crippen molar-refractivity contribution in [2.75, 3.05) is 45.2 Å². The fraction of sp³-hybridized carbons (Fsp3) is 0.529. The summed E-state index contributed by atoms with van der Waals surface area (Å²) in [6, 6.07) is 6.97. The number of likely N-dealkylation sites (N-methyl/N-ethyl adjacent to an activating group) is 1. The van der Waals surface area contributed by atoms with E-state index in [1.807, 2.05) is 4.90 Å². The Balaban J connectivity index is 1.80. The zero-order chi connectivity index (χ0) is 17.5. The number of aliphatic hydroxyl groups is 1. The van der Waals surface area contributed by atoms with Gasteiger partial charge in [-0.1, -0.05) is 23.7 Å². The van der Waals surface area contributed by atoms with Crippen molar-refractivity contribution in [2.24, 2.45) is 5.92 Å². The highest BCUT2D eigenvalue weighted by Crippen LogP contribution is 2.20. The lowest BCUT2D eigenvalue weighted by atomic mass is 9.99. The van der Waals surface area contributed by atoms with Crippen LogP contribution in [0.2, 0.25) is 5.02 Å². The lowest BCUT2D eigenvalue weighted by Gasteiger charge is -2.32. The van der Waals surface area contributed by atoms with E-state index in [2.05, 4.69) is 5.32 Å². The van der Waals surface area contributed by atoms with Crippen molar-refractivity contribution in [3.63, 3.8) is 0 Å². The molecule has 1 aromatic rings. The van der Waals surface area contributed by atoms with Gasteiger partial charge in [-0.3, -0.25) is 14.5 Å². The number of likely N-dealkylation sites (tertiary alicyclic amines) is 1. The van der Waals surface area contributed by atoms with Gasteiger partial charge in [-0.05, 0) is 37.4 Å². The van der Waals surface area contributed by atoms with Gasteiger partial charge in [-0.25, -0.2) is 0 Å². The van der Waals surface area contributed by atoms with Crippen LogP contribution in [-0.4, -0.2) is 66.6 Å². The minimum atomic E-state index is -0.286. The molecule has 2 N–H and O–H groups in total. The van der Waals surface area contributed by atoms with Gasteiger partial charge in [0, 0.05) is 20.2 Å². The monoisotopic (exact) mass is 353 g/mol. The van der Waals surface area contributed by atoms with Gasteiger partial charge in [-0.2, -0.15) is 0 Å². The van der Waals surface area contributed by atoms with E-state index >= 15 is 0 Å². The molecule has 2 amide bonds. The van der Waals surface area contributed by atoms with Gasteiger partial charge in [0.1, 0.15) is 0 Å². The van der Waals surface area contributed by atoms with Crippen molar-refractivity contribution >= 4 is 29.1 Å². The SMILES string of the molecule is CN(CC(=O)Nc1ccccc1Cl)C(=O)CN1CCC[C@@H](CO)C1. The van der Waals surface area contributed by atoms with Gasteiger partial charge in [-0.15, -0.1) is 0 Å². The molecule has 1 saturated heterocycles. The van der Waals surface area contributed by atoms with Crippen LogP contribution in [0.3, 0.4) is 0 Å². The number of hydrogen-bond acceptors (Lipinski definition) is 4. The van der Waals surface area contributed by atoms with Gasteiger partial charge in [0.05, 0.1) is 23.8 Å². The standard InChI is InChI=1S/C17H24ClN3O3/c1-20(10-16(23)19-15-7-3-2-6-14(15)18)17(24)11-21-8-4-5-13(9-21)12-22/h2-3,6-7,13,22H,4-5,8-12H2,1H3,(H,19,23)/t13-/m1/s1. The molecule has 0 spiro atoms. The van der Waals surface area contributed by atoms with Crippen molar-refractivity contribution in [3.8, 4) is 0 Å². The van der Waals surface area contributed by atoms with Crippen LogP contribution in [0.4, 0.5) is 5.69 Å². The number of para-hydroxylation sites is 1. The van der Waals surface area contributed by atoms with Crippen molar-refractivity contribution in [2.45, 2.75) is 12.8 Å². The molecule has 1 aliphatic heterocycles. The van der Waals surface area contributed by atoms with Gasteiger partial charge in [0.2, 0.25) is 11.8 Å². The number of rotatable bonds is 6. The third kappa shape index (κ3) is 5.47. The molecule has 1 heterocycles. The summed E-state index contributed by atoms with van der Waals surface area (Å²) < 4.78 is 0. The number of amides is 2. The van der Waals surface area contributed by atoms with E-state index in [4.69, 9.17) is 11.6 Å². The Hall–Kier alpha value is -1.63. The number of aliphatic hydroxyl groups excluding tert-OH is 1. The minimum absolute atomic E-state index is 0.0265. The number of carbonyl (C=O) groups is 2. The molecule has 1 aromatic carbocycles. The Labute approximate surface area is 147 Å². The molecule has 0 bridgehead atoms. The highest BCUT2D eigenvalue weighted by atomic mass is 35.5. The summed E-state index contributed by atoms with van der Waals surface area (Å²) in [5, 5.41) is 12.4. The van der Waals surface area contributed by atoms with E-state index in [1.54, 1.807) is 31.3 Å². The fourth-order valence-electron chi connectivity index (χ4n) is 2.81. The number of anilines is 1. The van der Waals surface area contributed by atoms with Crippen LogP contribution in [0.25, 0.3) is 0 Å². The number of benzene rings is 1. The van der Waals surface area contributed by atoms with Crippen LogP contribution in [0, 0.1) is 5.92 Å². The van der Waals surface area contributed by atoms with Crippen molar-refractivity contribution in [1.82, 2.24) is 9.80 Å². The van der Waals surface area contributed by atoms with Gasteiger partial charge in [0.25, 0.3) is 0 Å². The zero-order valence-electron chi connectivity index (χ0n) is 13.9. The highest BCUT2D eigenvalue weighted by molar-refractivity contribution is 6.33. The van der Waals surface area contributed by atoms with Gasteiger partial charge >= 0.3 is 0 Å². The molecule has 1 aliphatic rings. The molecular weight excluding hydrogens is 330 g/mol. The summed E-state index contributed by atoms with van der Waals surface area (Å²) in [5.74, 6) is -0.158. The van der Waals surface area contributed by atoms with E-state index in [-0.39, 0.29) is 37.4 Å². The molecule has 0 aliphatic carbocycles. The molecule has 6 nitrogen and oxygen atoms in total. The average molecular weight is 354 g/mol. The van der Waals surface area contributed by atoms with Crippen molar-refractivity contribution < 1.29 is 14.7 Å². The third-order valence-electron chi connectivity index (χ3n) is 4.17. The molecular formula is C17H24ClN3O3. The van der Waals surface area contributed by atoms with Crippen molar-refractivity contribution in [1.29, 1.82) is 0 Å². The second kappa shape index (κ2) is 9.01. The number of nitrogens with zero attached hydrogens (tertiary/aromatic N) is 2. The predicted octanol–water partition coefficient (Wildman–Crippen LogP) is 1.44. The van der Waals surface area contributed by atoms with Crippen LogP contribution >= 0.6 is 11.6 Å². The molecule has 1 fully saturated rings. The summed E-state index contributed by atoms with van der Waals surface area (Å²) in [4.78, 5) is 27.8. The van der Waals surface area contributed by atoms with Gasteiger partial charge in [0.15, 0.2) is 0 Å². The lowest BCUT2D eigenvalue weighted by Crippen LogP contribution is -2.45. The summed E-state index contributed by atoms with van der Waals surface area (Å²) in [6.07, 6.45) is 1.98. The Bertz CT molecular complexity index is 582. The Morgan fingerprint density at radius 2 is 2.17 bits per heavy atom. The third-order valence-corrected chi connectivity index (χ3v) is 4.50. The quantitative estimate of drug-likeness (QED) is 0.811. The Morgan fingerprint density at radius 3 is 2.88 bits per heavy atom. The highest BCUT2D eigenvalue weighted by Gasteiger charge is 2.23. The first-order chi connectivity index (χ1) is 11.5. The summed E-state index contributed by atoms with van der Waals surface area (Å²) in [5.41, 5.74) is 0.534. The first-order valence-electron chi connectivity index (χ1n) is 8.11. The molecule has 0 radical (unpaired) electrons. The van der Waals surface area contributed by atoms with Crippen LogP contribution < -0.4 is 5.32 Å². The largest absolute Gasteiger partial charge is 0.396 e. The van der Waals surface area contributed by atoms with Crippen LogP contribution in [0.5, 0.6) is 0 Å². The fourth-order valence-corrected chi connectivity index (χ4v) is 2.99. The molecule has 24 heavy (non-hydrogen) atoms. The maximum Gasteiger partial charge on any atom is 0.244 e. The number of halogens is 1. The minimum Gasteiger partial charge on any atom is -0.396 e. The van der Waals surface area contributed by atoms with E-state index in [1.165, 1.54) is 4.90 Å². The molecule has 0 saturated carbocycles. The number of piperidine rings is 1. The first kappa shape index (κ1) is 18.7. The van der Waals surface area contributed by atoms with Crippen LogP contribution in [0.15, 0.2) is 24.3 Å². The predicted molar refractivity (Wildman–Crippen MR) is 94.0 cm³/mol. The number of hydrogen-bond donors (Lipinski definition) is 2. The van der Waals surface area contributed by atoms with Crippen LogP contribution in [0.1, 0.15) is 12.8 Å². The zero-order valence-corrected chi connectivity index (χ0v) is 14.6. The topological polar surface area (TPSA) is 72.9 Å². The van der Waals surface area contributed by atoms with Gasteiger partial charge < -0.3 is 15.3 Å². The first-order valence-corrected chi connectivity index (χ1v) is 8.49. The second-order valence-electron chi connectivity index (χ2n) is 6.20. The molecule has 0 aromatic heterocycles. The Morgan fingerprint density at radius 1 is 1.42 bits per heavy atom. The van der Waals surface area contributed by atoms with E-state index in [0.29, 0.717) is 10.7 Å². The molecule has 2 rings (SSSR count). The lowest BCUT2D eigenvalue weighted by molar-refractivity contribution is -0.134. The second-order valence-corrected chi connectivity index (χ2v) is 6.61. The molecule has 7 heteroatoms. The smallest absolute Gasteiger partial charge is 0.244 e. The molecule has 1 atom stereocenters. The normalized spacial score (nSPS) is 18.2. The van der Waals surface area contributed by atoms with Crippen LogP contribution in [-0.2, 0) is 9.59 Å². The Kier molecular flexibility index (Phi) is 7.02. The van der Waals surface area contributed by atoms with E-state index in [9.17, 15) is 14.7 Å². The van der Waals surface area contributed by atoms with E-state index in [0.717, 1.165) is 25.9 Å². The summed E-state index contributed by atoms with van der Waals surface area (Å²) in [6.45, 7) is 1.97. The maximum atomic E-state index is 12.3.